The molecule has 0 saturated carbocycles. The Morgan fingerprint density at radius 2 is 1.93 bits per heavy atom. The molecule has 0 bridgehead atoms. The molecule has 0 radical (unpaired) electrons. The molecule has 1 fully saturated rings. The van der Waals surface area contributed by atoms with E-state index in [-0.39, 0.29) is 12.4 Å². The highest BCUT2D eigenvalue weighted by molar-refractivity contribution is 5.85. The third kappa shape index (κ3) is 6.15. The summed E-state index contributed by atoms with van der Waals surface area (Å²) in [6, 6.07) is 0. The van der Waals surface area contributed by atoms with Crippen molar-refractivity contribution in [2.24, 2.45) is 10.2 Å². The third-order valence-corrected chi connectivity index (χ3v) is 5.81. The van der Waals surface area contributed by atoms with Crippen molar-refractivity contribution in [1.29, 1.82) is 0 Å². The van der Waals surface area contributed by atoms with Crippen LogP contribution in [-0.4, -0.2) is 35.6 Å². The number of carbonyl (C=O) groups is 2. The summed E-state index contributed by atoms with van der Waals surface area (Å²) in [5.41, 5.74) is -0.714. The summed E-state index contributed by atoms with van der Waals surface area (Å²) in [5, 5.41) is 7.99. The lowest BCUT2D eigenvalue weighted by molar-refractivity contribution is -0.151. The maximum absolute atomic E-state index is 12.5. The molecule has 164 valence electrons. The Morgan fingerprint density at radius 3 is 2.53 bits per heavy atom. The van der Waals surface area contributed by atoms with Gasteiger partial charge in [0.05, 0.1) is 6.42 Å². The average Bonchev–Trinajstić information content (AvgIpc) is 3.60. The van der Waals surface area contributed by atoms with Gasteiger partial charge in [0.2, 0.25) is 5.66 Å². The first-order valence-electron chi connectivity index (χ1n) is 11.2. The maximum Gasteiger partial charge on any atom is 0.333 e. The maximum atomic E-state index is 12.5. The molecule has 3 aliphatic rings. The van der Waals surface area contributed by atoms with Crippen molar-refractivity contribution in [2.75, 3.05) is 0 Å². The average molecular weight is 417 g/mol. The molecule has 1 saturated heterocycles. The minimum atomic E-state index is -1.06. The van der Waals surface area contributed by atoms with Gasteiger partial charge in [0.25, 0.3) is 5.79 Å². The number of esters is 2. The summed E-state index contributed by atoms with van der Waals surface area (Å²) in [7, 11) is 0. The topological polar surface area (TPSA) is 89.8 Å². The van der Waals surface area contributed by atoms with Gasteiger partial charge in [-0.15, -0.1) is 12.3 Å². The molecule has 1 spiro atoms. The minimum absolute atomic E-state index is 0.0813. The Labute approximate surface area is 178 Å². The van der Waals surface area contributed by atoms with Crippen LogP contribution in [0.25, 0.3) is 0 Å². The number of epoxide rings is 1. The monoisotopic (exact) mass is 416 g/mol. The van der Waals surface area contributed by atoms with Crippen LogP contribution in [0.1, 0.15) is 84.0 Å². The van der Waals surface area contributed by atoms with Gasteiger partial charge in [-0.2, -0.15) is 10.2 Å². The Hall–Kier alpha value is -2.20. The van der Waals surface area contributed by atoms with Gasteiger partial charge >= 0.3 is 11.9 Å². The molecule has 3 rings (SSSR count). The number of unbranched alkanes of at least 4 members (excludes halogenated alkanes) is 7. The van der Waals surface area contributed by atoms with Gasteiger partial charge in [-0.25, -0.2) is 4.79 Å². The number of rotatable bonds is 15. The van der Waals surface area contributed by atoms with Gasteiger partial charge < -0.3 is 14.2 Å². The fourth-order valence-corrected chi connectivity index (χ4v) is 3.92. The summed E-state index contributed by atoms with van der Waals surface area (Å²) in [6.07, 6.45) is 18.7. The summed E-state index contributed by atoms with van der Waals surface area (Å²) in [6.45, 7) is 2.22. The molecule has 0 N–H and O–H groups in total. The van der Waals surface area contributed by atoms with Gasteiger partial charge in [0, 0.05) is 18.9 Å². The van der Waals surface area contributed by atoms with E-state index in [2.05, 4.69) is 23.1 Å². The molecule has 7 nitrogen and oxygen atoms in total. The van der Waals surface area contributed by atoms with E-state index in [0.29, 0.717) is 19.3 Å². The van der Waals surface area contributed by atoms with Crippen molar-refractivity contribution in [1.82, 2.24) is 0 Å². The van der Waals surface area contributed by atoms with Gasteiger partial charge in [-0.1, -0.05) is 51.9 Å². The molecule has 0 amide bonds. The van der Waals surface area contributed by atoms with Crippen LogP contribution in [0.4, 0.5) is 0 Å². The van der Waals surface area contributed by atoms with Crippen LogP contribution in [0.2, 0.25) is 0 Å². The Morgan fingerprint density at radius 1 is 1.23 bits per heavy atom. The second kappa shape index (κ2) is 10.2. The first-order valence-corrected chi connectivity index (χ1v) is 11.2. The number of hydrogen-bond donors (Lipinski definition) is 0. The largest absolute Gasteiger partial charge is 0.459 e. The lowest BCUT2D eigenvalue weighted by Crippen LogP contribution is -2.31. The van der Waals surface area contributed by atoms with E-state index in [1.165, 1.54) is 44.6 Å². The van der Waals surface area contributed by atoms with Crippen LogP contribution < -0.4 is 0 Å². The van der Waals surface area contributed by atoms with Crippen LogP contribution in [0.3, 0.4) is 0 Å². The Bertz CT molecular complexity index is 720. The molecule has 0 aromatic heterocycles. The standard InChI is InChI=1S/C23H32N2O5/c1-3-5-7-8-9-10-11-12-13-18(21-23(30-21)16-14-19(26)29-23)28-20(27)17-22(24-25-22)15-6-4-2/h2,14,16,18,21H,3,5-13,15,17H2,1H3/t18-,21-,23+/m0/s1. The molecule has 0 unspecified atom stereocenters. The molecule has 30 heavy (non-hydrogen) atoms. The molecule has 3 aliphatic heterocycles. The highest BCUT2D eigenvalue weighted by Gasteiger charge is 2.65. The fraction of sp³-hybridized carbons (Fsp3) is 0.739. The quantitative estimate of drug-likeness (QED) is 0.168. The van der Waals surface area contributed by atoms with Gasteiger partial charge in [-0.3, -0.25) is 4.79 Å². The third-order valence-electron chi connectivity index (χ3n) is 5.81. The molecule has 0 aliphatic carbocycles. The number of terminal acetylenes is 1. The highest BCUT2D eigenvalue weighted by atomic mass is 16.8. The van der Waals surface area contributed by atoms with E-state index in [1.807, 2.05) is 0 Å². The Kier molecular flexibility index (Phi) is 7.65. The fourth-order valence-electron chi connectivity index (χ4n) is 3.92. The lowest BCUT2D eigenvalue weighted by atomic mass is 10.0. The van der Waals surface area contributed by atoms with E-state index in [1.54, 1.807) is 6.08 Å². The zero-order chi connectivity index (χ0) is 21.5. The lowest BCUT2D eigenvalue weighted by Gasteiger charge is -2.18. The molecular weight excluding hydrogens is 384 g/mol. The summed E-state index contributed by atoms with van der Waals surface area (Å²) in [4.78, 5) is 24.0. The number of nitrogens with zero attached hydrogens (tertiary/aromatic N) is 2. The van der Waals surface area contributed by atoms with Crippen LogP contribution in [0.15, 0.2) is 22.4 Å². The zero-order valence-electron chi connectivity index (χ0n) is 17.8. The van der Waals surface area contributed by atoms with E-state index in [4.69, 9.17) is 20.6 Å². The second-order valence-electron chi connectivity index (χ2n) is 8.37. The van der Waals surface area contributed by atoms with Crippen LogP contribution in [0, 0.1) is 12.3 Å². The number of carbonyl (C=O) groups excluding carboxylic acids is 2. The van der Waals surface area contributed by atoms with Crippen molar-refractivity contribution in [2.45, 2.75) is 108 Å². The van der Waals surface area contributed by atoms with Gasteiger partial charge in [0.1, 0.15) is 6.10 Å². The smallest absolute Gasteiger partial charge is 0.333 e. The van der Waals surface area contributed by atoms with Crippen molar-refractivity contribution in [3.63, 3.8) is 0 Å². The molecule has 0 aromatic rings. The summed E-state index contributed by atoms with van der Waals surface area (Å²) >= 11 is 0. The van der Waals surface area contributed by atoms with Gasteiger partial charge in [0.15, 0.2) is 6.10 Å². The van der Waals surface area contributed by atoms with Crippen molar-refractivity contribution in [3.8, 4) is 12.3 Å². The normalized spacial score (nSPS) is 25.7. The first kappa shape index (κ1) is 22.5. The zero-order valence-corrected chi connectivity index (χ0v) is 17.8. The molecule has 0 aromatic carbocycles. The number of hydrogen-bond acceptors (Lipinski definition) is 7. The van der Waals surface area contributed by atoms with E-state index >= 15 is 0 Å². The van der Waals surface area contributed by atoms with Crippen LogP contribution >= 0.6 is 0 Å². The van der Waals surface area contributed by atoms with Crippen LogP contribution in [0.5, 0.6) is 0 Å². The van der Waals surface area contributed by atoms with Gasteiger partial charge in [-0.05, 0) is 18.9 Å². The SMILES string of the molecule is C#CCCC1(CC(=O)O[C@@H](CCCCCCCCCC)[C@@H]2O[C@]23C=CC(=O)O3)N=N1. The minimum Gasteiger partial charge on any atom is -0.459 e. The van der Waals surface area contributed by atoms with E-state index in [9.17, 15) is 9.59 Å². The molecular formula is C23H32N2O5. The Balaban J connectivity index is 1.45. The second-order valence-corrected chi connectivity index (χ2v) is 8.37. The predicted molar refractivity (Wildman–Crippen MR) is 110 cm³/mol. The molecule has 7 heteroatoms. The molecule has 3 heterocycles. The van der Waals surface area contributed by atoms with Crippen molar-refractivity contribution < 1.29 is 23.8 Å². The van der Waals surface area contributed by atoms with Crippen molar-refractivity contribution in [3.05, 3.63) is 12.2 Å². The van der Waals surface area contributed by atoms with E-state index in [0.717, 1.165) is 12.8 Å². The van der Waals surface area contributed by atoms with E-state index < -0.39 is 29.6 Å². The highest BCUT2D eigenvalue weighted by Crippen LogP contribution is 2.46. The first-order chi connectivity index (χ1) is 14.5. The predicted octanol–water partition coefficient (Wildman–Crippen LogP) is 4.60. The summed E-state index contributed by atoms with van der Waals surface area (Å²) in [5.74, 6) is 0.686. The van der Waals surface area contributed by atoms with Crippen molar-refractivity contribution >= 4 is 11.9 Å². The summed E-state index contributed by atoms with van der Waals surface area (Å²) < 4.78 is 16.7. The molecule has 3 atom stereocenters. The number of ether oxygens (including phenoxy) is 3. The van der Waals surface area contributed by atoms with Crippen LogP contribution in [-0.2, 0) is 23.8 Å².